The number of piperazine rings is 1. The van der Waals surface area contributed by atoms with Crippen molar-refractivity contribution in [2.45, 2.75) is 13.5 Å². The first-order valence-electron chi connectivity index (χ1n) is 10.4. The Bertz CT molecular complexity index is 810. The van der Waals surface area contributed by atoms with Gasteiger partial charge in [0.25, 0.3) is 0 Å². The molecular formula is C23H30N4O2. The average Bonchev–Trinajstić information content (AvgIpc) is 2.78. The van der Waals surface area contributed by atoms with E-state index in [0.717, 1.165) is 58.0 Å². The summed E-state index contributed by atoms with van der Waals surface area (Å²) >= 11 is 0. The summed E-state index contributed by atoms with van der Waals surface area (Å²) in [6, 6.07) is 17.0. The second kappa shape index (κ2) is 9.18. The summed E-state index contributed by atoms with van der Waals surface area (Å²) in [5, 5.41) is 3.07. The highest BCUT2D eigenvalue weighted by Gasteiger charge is 2.21. The van der Waals surface area contributed by atoms with Crippen molar-refractivity contribution in [2.24, 2.45) is 0 Å². The molecule has 0 spiro atoms. The second-order valence-corrected chi connectivity index (χ2v) is 7.74. The monoisotopic (exact) mass is 394 g/mol. The van der Waals surface area contributed by atoms with E-state index >= 15 is 0 Å². The third kappa shape index (κ3) is 5.01. The zero-order valence-corrected chi connectivity index (χ0v) is 17.1. The van der Waals surface area contributed by atoms with Crippen molar-refractivity contribution in [3.05, 3.63) is 59.7 Å². The van der Waals surface area contributed by atoms with Gasteiger partial charge in [-0.15, -0.1) is 0 Å². The van der Waals surface area contributed by atoms with Crippen LogP contribution in [0.25, 0.3) is 0 Å². The maximum Gasteiger partial charge on any atom is 0.317 e. The minimum Gasteiger partial charge on any atom is -0.378 e. The van der Waals surface area contributed by atoms with Gasteiger partial charge in [0.2, 0.25) is 0 Å². The largest absolute Gasteiger partial charge is 0.378 e. The Labute approximate surface area is 173 Å². The number of carbonyl (C=O) groups is 1. The van der Waals surface area contributed by atoms with Crippen LogP contribution in [0.3, 0.4) is 0 Å². The van der Waals surface area contributed by atoms with Gasteiger partial charge in [-0.25, -0.2) is 4.79 Å². The Hall–Kier alpha value is -2.73. The van der Waals surface area contributed by atoms with Gasteiger partial charge in [0.1, 0.15) is 0 Å². The summed E-state index contributed by atoms with van der Waals surface area (Å²) in [4.78, 5) is 19.1. The zero-order valence-electron chi connectivity index (χ0n) is 17.1. The predicted octanol–water partition coefficient (Wildman–Crippen LogP) is 2.86. The van der Waals surface area contributed by atoms with Crippen LogP contribution in [0.5, 0.6) is 0 Å². The molecule has 2 amide bonds. The van der Waals surface area contributed by atoms with Crippen LogP contribution < -0.4 is 15.1 Å². The van der Waals surface area contributed by atoms with Crippen molar-refractivity contribution < 1.29 is 9.53 Å². The fourth-order valence-electron chi connectivity index (χ4n) is 3.93. The number of anilines is 2. The highest BCUT2D eigenvalue weighted by molar-refractivity contribution is 5.74. The van der Waals surface area contributed by atoms with Crippen LogP contribution in [0.4, 0.5) is 16.2 Å². The van der Waals surface area contributed by atoms with Crippen molar-refractivity contribution >= 4 is 17.4 Å². The lowest BCUT2D eigenvalue weighted by Gasteiger charge is -2.36. The molecule has 0 aromatic heterocycles. The third-order valence-electron chi connectivity index (χ3n) is 5.69. The van der Waals surface area contributed by atoms with E-state index in [1.54, 1.807) is 0 Å². The van der Waals surface area contributed by atoms with E-state index in [1.807, 2.05) is 4.90 Å². The number of amides is 2. The fraction of sp³-hybridized carbons (Fsp3) is 0.435. The van der Waals surface area contributed by atoms with Gasteiger partial charge in [-0.1, -0.05) is 24.3 Å². The number of benzene rings is 2. The number of hydrogen-bond acceptors (Lipinski definition) is 4. The molecule has 29 heavy (non-hydrogen) atoms. The Morgan fingerprint density at radius 1 is 0.897 bits per heavy atom. The molecule has 2 saturated heterocycles. The molecule has 2 heterocycles. The van der Waals surface area contributed by atoms with E-state index in [4.69, 9.17) is 4.74 Å². The fourth-order valence-corrected chi connectivity index (χ4v) is 3.93. The number of rotatable bonds is 4. The SMILES string of the molecule is Cc1cccc(N2CCN(C(=O)NCc3ccc(N4CCOCC4)cc3)CC2)c1. The molecule has 2 aliphatic heterocycles. The van der Waals surface area contributed by atoms with Crippen LogP contribution >= 0.6 is 0 Å². The van der Waals surface area contributed by atoms with Crippen molar-refractivity contribution in [3.63, 3.8) is 0 Å². The molecule has 6 heteroatoms. The molecule has 0 bridgehead atoms. The molecule has 154 valence electrons. The highest BCUT2D eigenvalue weighted by atomic mass is 16.5. The molecule has 0 unspecified atom stereocenters. The minimum absolute atomic E-state index is 0.0196. The van der Waals surface area contributed by atoms with Crippen LogP contribution in [0.1, 0.15) is 11.1 Å². The van der Waals surface area contributed by atoms with E-state index in [9.17, 15) is 4.79 Å². The molecule has 2 aromatic carbocycles. The van der Waals surface area contributed by atoms with E-state index < -0.39 is 0 Å². The number of carbonyl (C=O) groups excluding carboxylic acids is 1. The quantitative estimate of drug-likeness (QED) is 0.866. The van der Waals surface area contributed by atoms with Crippen LogP contribution in [-0.4, -0.2) is 63.4 Å². The second-order valence-electron chi connectivity index (χ2n) is 7.74. The van der Waals surface area contributed by atoms with Gasteiger partial charge in [-0.3, -0.25) is 0 Å². The molecule has 2 aliphatic rings. The number of aryl methyl sites for hydroxylation is 1. The lowest BCUT2D eigenvalue weighted by molar-refractivity contribution is 0.122. The zero-order chi connectivity index (χ0) is 20.1. The molecular weight excluding hydrogens is 364 g/mol. The van der Waals surface area contributed by atoms with Gasteiger partial charge in [0, 0.05) is 57.2 Å². The van der Waals surface area contributed by atoms with Crippen molar-refractivity contribution in [2.75, 3.05) is 62.3 Å². The smallest absolute Gasteiger partial charge is 0.317 e. The van der Waals surface area contributed by atoms with E-state index in [-0.39, 0.29) is 6.03 Å². The molecule has 0 aliphatic carbocycles. The Balaban J connectivity index is 1.24. The van der Waals surface area contributed by atoms with Gasteiger partial charge in [0.15, 0.2) is 0 Å². The standard InChI is InChI=1S/C23H30N4O2/c1-19-3-2-4-22(17-19)25-9-11-27(12-10-25)23(28)24-18-20-5-7-21(8-6-20)26-13-15-29-16-14-26/h2-8,17H,9-16,18H2,1H3,(H,24,28). The van der Waals surface area contributed by atoms with Crippen molar-refractivity contribution in [1.82, 2.24) is 10.2 Å². The summed E-state index contributed by atoms with van der Waals surface area (Å²) in [5.41, 5.74) is 4.84. The van der Waals surface area contributed by atoms with Gasteiger partial charge >= 0.3 is 6.03 Å². The number of nitrogens with one attached hydrogen (secondary N) is 1. The number of nitrogens with zero attached hydrogens (tertiary/aromatic N) is 3. The predicted molar refractivity (Wildman–Crippen MR) is 117 cm³/mol. The van der Waals surface area contributed by atoms with Crippen LogP contribution in [0.2, 0.25) is 0 Å². The van der Waals surface area contributed by atoms with E-state index in [1.165, 1.54) is 16.9 Å². The Morgan fingerprint density at radius 3 is 2.28 bits per heavy atom. The molecule has 0 atom stereocenters. The number of urea groups is 1. The van der Waals surface area contributed by atoms with Gasteiger partial charge in [-0.05, 0) is 42.3 Å². The number of ether oxygens (including phenoxy) is 1. The van der Waals surface area contributed by atoms with E-state index in [2.05, 4.69) is 70.6 Å². The molecule has 0 saturated carbocycles. The molecule has 2 fully saturated rings. The topological polar surface area (TPSA) is 48.0 Å². The molecule has 4 rings (SSSR count). The molecule has 6 nitrogen and oxygen atoms in total. The first-order valence-corrected chi connectivity index (χ1v) is 10.4. The van der Waals surface area contributed by atoms with Crippen LogP contribution in [0.15, 0.2) is 48.5 Å². The average molecular weight is 395 g/mol. The van der Waals surface area contributed by atoms with Gasteiger partial charge in [0.05, 0.1) is 13.2 Å². The summed E-state index contributed by atoms with van der Waals surface area (Å²) in [5.74, 6) is 0. The summed E-state index contributed by atoms with van der Waals surface area (Å²) < 4.78 is 5.41. The lowest BCUT2D eigenvalue weighted by Crippen LogP contribution is -2.51. The minimum atomic E-state index is 0.0196. The number of morpholine rings is 1. The number of hydrogen-bond donors (Lipinski definition) is 1. The van der Waals surface area contributed by atoms with E-state index in [0.29, 0.717) is 6.54 Å². The summed E-state index contributed by atoms with van der Waals surface area (Å²) in [6.45, 7) is 9.34. The Kier molecular flexibility index (Phi) is 6.20. The Morgan fingerprint density at radius 2 is 1.59 bits per heavy atom. The highest BCUT2D eigenvalue weighted by Crippen LogP contribution is 2.18. The van der Waals surface area contributed by atoms with Crippen molar-refractivity contribution in [3.8, 4) is 0 Å². The first-order chi connectivity index (χ1) is 14.2. The van der Waals surface area contributed by atoms with Crippen LogP contribution in [0, 0.1) is 6.92 Å². The maximum absolute atomic E-state index is 12.6. The maximum atomic E-state index is 12.6. The lowest BCUT2D eigenvalue weighted by atomic mass is 10.2. The van der Waals surface area contributed by atoms with Gasteiger partial charge < -0.3 is 24.8 Å². The summed E-state index contributed by atoms with van der Waals surface area (Å²) in [6.07, 6.45) is 0. The van der Waals surface area contributed by atoms with Crippen molar-refractivity contribution in [1.29, 1.82) is 0 Å². The molecule has 1 N–H and O–H groups in total. The van der Waals surface area contributed by atoms with Crippen LogP contribution in [-0.2, 0) is 11.3 Å². The third-order valence-corrected chi connectivity index (χ3v) is 5.69. The molecule has 2 aromatic rings. The molecule has 0 radical (unpaired) electrons. The summed E-state index contributed by atoms with van der Waals surface area (Å²) in [7, 11) is 0. The first kappa shape index (κ1) is 19.6. The van der Waals surface area contributed by atoms with Gasteiger partial charge in [-0.2, -0.15) is 0 Å². The normalized spacial score (nSPS) is 17.3.